The van der Waals surface area contributed by atoms with Crippen LogP contribution in [0.3, 0.4) is 0 Å². The Hall–Kier alpha value is -2.44. The molecule has 0 atom stereocenters. The Balaban J connectivity index is 1.49. The van der Waals surface area contributed by atoms with Crippen LogP contribution in [0.1, 0.15) is 29.0 Å². The molecule has 1 aromatic heterocycles. The third-order valence-corrected chi connectivity index (χ3v) is 5.83. The second-order valence-corrected chi connectivity index (χ2v) is 7.94. The van der Waals surface area contributed by atoms with Gasteiger partial charge in [0.15, 0.2) is 0 Å². The number of aromatic nitrogens is 1. The summed E-state index contributed by atoms with van der Waals surface area (Å²) >= 11 is 3.49. The Morgan fingerprint density at radius 2 is 1.79 bits per heavy atom. The van der Waals surface area contributed by atoms with E-state index in [2.05, 4.69) is 38.5 Å². The van der Waals surface area contributed by atoms with Gasteiger partial charge in [0.2, 0.25) is 5.76 Å². The van der Waals surface area contributed by atoms with Gasteiger partial charge < -0.3 is 14.6 Å². The molecular weight excluding hydrogens is 420 g/mol. The number of carbonyl (C=O) groups excluding carboxylic acids is 1. The van der Waals surface area contributed by atoms with Crippen LogP contribution in [-0.2, 0) is 10.2 Å². The molecule has 0 bridgehead atoms. The standard InChI is InChI=1S/C22H21BrN2O3/c23-18-8-6-17(7-9-18)22(10-12-27-13-11-22)15-24-21(26)20-14-19(25-28-20)16-4-2-1-3-5-16/h1-9,14H,10-13,15H2,(H,24,26). The van der Waals surface area contributed by atoms with Crippen molar-refractivity contribution in [1.82, 2.24) is 10.5 Å². The fraction of sp³-hybridized carbons (Fsp3) is 0.273. The van der Waals surface area contributed by atoms with Gasteiger partial charge in [-0.05, 0) is 30.5 Å². The first-order chi connectivity index (χ1) is 13.7. The van der Waals surface area contributed by atoms with Crippen LogP contribution < -0.4 is 5.32 Å². The largest absolute Gasteiger partial charge is 0.381 e. The molecule has 0 unspecified atom stereocenters. The Labute approximate surface area is 172 Å². The lowest BCUT2D eigenvalue weighted by molar-refractivity contribution is 0.0484. The van der Waals surface area contributed by atoms with E-state index in [1.54, 1.807) is 6.07 Å². The molecule has 2 heterocycles. The first-order valence-corrected chi connectivity index (χ1v) is 10.1. The average Bonchev–Trinajstić information content (AvgIpc) is 3.24. The number of rotatable bonds is 5. The highest BCUT2D eigenvalue weighted by Gasteiger charge is 2.35. The number of nitrogens with one attached hydrogen (secondary N) is 1. The maximum Gasteiger partial charge on any atom is 0.289 e. The second kappa shape index (κ2) is 8.29. The normalized spacial score (nSPS) is 15.9. The van der Waals surface area contributed by atoms with Gasteiger partial charge in [0, 0.05) is 41.3 Å². The van der Waals surface area contributed by atoms with E-state index in [9.17, 15) is 4.79 Å². The summed E-state index contributed by atoms with van der Waals surface area (Å²) in [5, 5.41) is 7.07. The Bertz CT molecular complexity index is 932. The molecular formula is C22H21BrN2O3. The number of hydrogen-bond donors (Lipinski definition) is 1. The molecule has 4 rings (SSSR count). The molecule has 0 spiro atoms. The third-order valence-electron chi connectivity index (χ3n) is 5.30. The molecule has 5 nitrogen and oxygen atoms in total. The molecule has 6 heteroatoms. The Kier molecular flexibility index (Phi) is 5.59. The van der Waals surface area contributed by atoms with Gasteiger partial charge in [0.1, 0.15) is 5.69 Å². The molecule has 2 aromatic carbocycles. The molecule has 1 aliphatic rings. The van der Waals surface area contributed by atoms with E-state index in [0.29, 0.717) is 25.5 Å². The predicted molar refractivity (Wildman–Crippen MR) is 110 cm³/mol. The zero-order chi connectivity index (χ0) is 19.4. The van der Waals surface area contributed by atoms with E-state index in [1.165, 1.54) is 5.56 Å². The molecule has 3 aromatic rings. The first-order valence-electron chi connectivity index (χ1n) is 9.30. The minimum absolute atomic E-state index is 0.142. The van der Waals surface area contributed by atoms with Crippen LogP contribution in [0.25, 0.3) is 11.3 Å². The molecule has 0 saturated carbocycles. The minimum Gasteiger partial charge on any atom is -0.381 e. The minimum atomic E-state index is -0.252. The van der Waals surface area contributed by atoms with Crippen LogP contribution in [0.5, 0.6) is 0 Å². The van der Waals surface area contributed by atoms with E-state index in [4.69, 9.17) is 9.26 Å². The molecule has 1 saturated heterocycles. The number of halogens is 1. The number of hydrogen-bond acceptors (Lipinski definition) is 4. The van der Waals surface area contributed by atoms with Crippen LogP contribution >= 0.6 is 15.9 Å². The van der Waals surface area contributed by atoms with Gasteiger partial charge in [-0.3, -0.25) is 4.79 Å². The fourth-order valence-electron chi connectivity index (χ4n) is 3.60. The highest BCUT2D eigenvalue weighted by molar-refractivity contribution is 9.10. The molecule has 28 heavy (non-hydrogen) atoms. The van der Waals surface area contributed by atoms with Crippen LogP contribution in [0.15, 0.2) is 69.7 Å². The van der Waals surface area contributed by atoms with Crippen LogP contribution in [-0.4, -0.2) is 30.8 Å². The summed E-state index contributed by atoms with van der Waals surface area (Å²) in [5.74, 6) is -0.0328. The summed E-state index contributed by atoms with van der Waals surface area (Å²) in [5.41, 5.74) is 2.64. The molecule has 1 amide bonds. The fourth-order valence-corrected chi connectivity index (χ4v) is 3.86. The van der Waals surface area contributed by atoms with Crippen molar-refractivity contribution in [3.63, 3.8) is 0 Å². The van der Waals surface area contributed by atoms with Crippen molar-refractivity contribution in [2.75, 3.05) is 19.8 Å². The lowest BCUT2D eigenvalue weighted by atomic mass is 9.74. The monoisotopic (exact) mass is 440 g/mol. The molecule has 0 aliphatic carbocycles. The average molecular weight is 441 g/mol. The molecule has 1 fully saturated rings. The van der Waals surface area contributed by atoms with Gasteiger partial charge in [-0.15, -0.1) is 0 Å². The first kappa shape index (κ1) is 18.9. The SMILES string of the molecule is O=C(NCC1(c2ccc(Br)cc2)CCOCC1)c1cc(-c2ccccc2)no1. The Morgan fingerprint density at radius 3 is 2.50 bits per heavy atom. The summed E-state index contributed by atoms with van der Waals surface area (Å²) in [7, 11) is 0. The van der Waals surface area contributed by atoms with Crippen molar-refractivity contribution < 1.29 is 14.1 Å². The van der Waals surface area contributed by atoms with E-state index in [0.717, 1.165) is 22.9 Å². The van der Waals surface area contributed by atoms with Crippen molar-refractivity contribution >= 4 is 21.8 Å². The number of amides is 1. The number of benzene rings is 2. The molecule has 1 aliphatic heterocycles. The lowest BCUT2D eigenvalue weighted by Crippen LogP contribution is -2.44. The van der Waals surface area contributed by atoms with Crippen molar-refractivity contribution in [2.45, 2.75) is 18.3 Å². The van der Waals surface area contributed by atoms with E-state index >= 15 is 0 Å². The highest BCUT2D eigenvalue weighted by atomic mass is 79.9. The number of nitrogens with zero attached hydrogens (tertiary/aromatic N) is 1. The van der Waals surface area contributed by atoms with Gasteiger partial charge in [-0.1, -0.05) is 63.6 Å². The van der Waals surface area contributed by atoms with Crippen LogP contribution in [0.2, 0.25) is 0 Å². The summed E-state index contributed by atoms with van der Waals surface area (Å²) in [6, 6.07) is 19.6. The lowest BCUT2D eigenvalue weighted by Gasteiger charge is -2.37. The predicted octanol–water partition coefficient (Wildman–Crippen LogP) is 4.58. The molecule has 1 N–H and O–H groups in total. The Morgan fingerprint density at radius 1 is 1.07 bits per heavy atom. The quantitative estimate of drug-likeness (QED) is 0.630. The molecule has 144 valence electrons. The van der Waals surface area contributed by atoms with Crippen molar-refractivity contribution in [3.05, 3.63) is 76.5 Å². The summed E-state index contributed by atoms with van der Waals surface area (Å²) < 4.78 is 11.9. The van der Waals surface area contributed by atoms with Crippen molar-refractivity contribution in [2.24, 2.45) is 0 Å². The topological polar surface area (TPSA) is 64.4 Å². The summed E-state index contributed by atoms with van der Waals surface area (Å²) in [4.78, 5) is 12.7. The van der Waals surface area contributed by atoms with Crippen molar-refractivity contribution in [1.29, 1.82) is 0 Å². The maximum absolute atomic E-state index is 12.7. The molecule has 0 radical (unpaired) electrons. The number of ether oxygens (including phenoxy) is 1. The smallest absolute Gasteiger partial charge is 0.289 e. The van der Waals surface area contributed by atoms with Gasteiger partial charge in [-0.25, -0.2) is 0 Å². The van der Waals surface area contributed by atoms with Crippen LogP contribution in [0, 0.1) is 0 Å². The maximum atomic E-state index is 12.7. The van der Waals surface area contributed by atoms with E-state index in [1.807, 2.05) is 42.5 Å². The number of carbonyl (C=O) groups is 1. The van der Waals surface area contributed by atoms with Gasteiger partial charge in [0.25, 0.3) is 5.91 Å². The zero-order valence-corrected chi connectivity index (χ0v) is 16.9. The highest BCUT2D eigenvalue weighted by Crippen LogP contribution is 2.35. The zero-order valence-electron chi connectivity index (χ0n) is 15.4. The van der Waals surface area contributed by atoms with E-state index < -0.39 is 0 Å². The van der Waals surface area contributed by atoms with Gasteiger partial charge in [-0.2, -0.15) is 0 Å². The van der Waals surface area contributed by atoms with E-state index in [-0.39, 0.29) is 17.1 Å². The van der Waals surface area contributed by atoms with Crippen LogP contribution in [0.4, 0.5) is 0 Å². The van der Waals surface area contributed by atoms with Crippen molar-refractivity contribution in [3.8, 4) is 11.3 Å². The second-order valence-electron chi connectivity index (χ2n) is 7.02. The summed E-state index contributed by atoms with van der Waals surface area (Å²) in [6.07, 6.45) is 1.72. The summed E-state index contributed by atoms with van der Waals surface area (Å²) in [6.45, 7) is 1.90. The third kappa shape index (κ3) is 4.03. The van der Waals surface area contributed by atoms with Gasteiger partial charge in [0.05, 0.1) is 0 Å². The van der Waals surface area contributed by atoms with Gasteiger partial charge >= 0.3 is 0 Å².